The van der Waals surface area contributed by atoms with Crippen LogP contribution in [0.5, 0.6) is 0 Å². The first-order chi connectivity index (χ1) is 9.60. The van der Waals surface area contributed by atoms with Crippen LogP contribution in [0.1, 0.15) is 27.2 Å². The van der Waals surface area contributed by atoms with E-state index in [1.165, 1.54) is 0 Å². The van der Waals surface area contributed by atoms with Crippen molar-refractivity contribution in [2.24, 2.45) is 5.73 Å². The molecule has 0 fully saturated rings. The second-order valence-corrected chi connectivity index (χ2v) is 7.02. The molecule has 120 valence electrons. The van der Waals surface area contributed by atoms with Crippen molar-refractivity contribution in [2.45, 2.75) is 33.2 Å². The third-order valence-corrected chi connectivity index (χ3v) is 5.73. The normalized spacial score (nSPS) is 11.6. The van der Waals surface area contributed by atoms with Crippen molar-refractivity contribution in [3.8, 4) is 0 Å². The molecule has 0 heterocycles. The summed E-state index contributed by atoms with van der Waals surface area (Å²) < 4.78 is 17.4. The molecule has 0 unspecified atom stereocenters. The molecule has 6 nitrogen and oxygen atoms in total. The predicted octanol–water partition coefficient (Wildman–Crippen LogP) is 1.03. The highest BCUT2D eigenvalue weighted by Gasteiger charge is 2.39. The molecule has 0 aliphatic heterocycles. The molecule has 0 aromatic rings. The topological polar surface area (TPSA) is 77.8 Å². The maximum absolute atomic E-state index is 5.80. The van der Waals surface area contributed by atoms with Crippen LogP contribution >= 0.6 is 0 Å². The lowest BCUT2D eigenvalue weighted by molar-refractivity contribution is 0.0708. The van der Waals surface area contributed by atoms with Gasteiger partial charge in [0.1, 0.15) is 0 Å². The standard InChI is InChI=1S/C13H31N3O3Si/c1-5-17-20(18-6-2,19-7-3)12-8-9-15-10-11-16-13(4)14/h15-16H,4-12,14H2,1-3H3. The quantitative estimate of drug-likeness (QED) is 0.329. The van der Waals surface area contributed by atoms with Gasteiger partial charge < -0.3 is 29.6 Å². The fraction of sp³-hybridized carbons (Fsp3) is 0.846. The Bertz CT molecular complexity index is 238. The number of nitrogens with one attached hydrogen (secondary N) is 2. The van der Waals surface area contributed by atoms with Crippen LogP contribution in [0.15, 0.2) is 12.4 Å². The summed E-state index contributed by atoms with van der Waals surface area (Å²) in [5.41, 5.74) is 5.41. The third-order valence-electron chi connectivity index (χ3n) is 2.58. The lowest BCUT2D eigenvalue weighted by atomic mass is 10.4. The fourth-order valence-electron chi connectivity index (χ4n) is 1.87. The first kappa shape index (κ1) is 19.4. The number of nitrogens with two attached hydrogens (primary N) is 1. The Morgan fingerprint density at radius 2 is 1.55 bits per heavy atom. The summed E-state index contributed by atoms with van der Waals surface area (Å²) in [4.78, 5) is 0. The molecule has 0 radical (unpaired) electrons. The lowest BCUT2D eigenvalue weighted by Gasteiger charge is -2.28. The Hall–Kier alpha value is -0.603. The van der Waals surface area contributed by atoms with E-state index < -0.39 is 8.80 Å². The van der Waals surface area contributed by atoms with Crippen LogP contribution in [0, 0.1) is 0 Å². The molecule has 0 saturated heterocycles. The summed E-state index contributed by atoms with van der Waals surface area (Å²) in [6.07, 6.45) is 0.968. The lowest BCUT2D eigenvalue weighted by Crippen LogP contribution is -2.46. The van der Waals surface area contributed by atoms with Gasteiger partial charge in [0.15, 0.2) is 0 Å². The van der Waals surface area contributed by atoms with Gasteiger partial charge in [0.25, 0.3) is 0 Å². The molecule has 0 rings (SSSR count). The smallest absolute Gasteiger partial charge is 0.386 e. The minimum Gasteiger partial charge on any atom is -0.386 e. The monoisotopic (exact) mass is 305 g/mol. The molecule has 0 amide bonds. The molecule has 0 aromatic carbocycles. The van der Waals surface area contributed by atoms with Crippen LogP contribution in [0.4, 0.5) is 0 Å². The molecule has 7 heteroatoms. The van der Waals surface area contributed by atoms with Gasteiger partial charge in [-0.15, -0.1) is 0 Å². The van der Waals surface area contributed by atoms with Crippen molar-refractivity contribution in [1.29, 1.82) is 0 Å². The molecular formula is C13H31N3O3Si. The first-order valence-electron chi connectivity index (χ1n) is 7.41. The molecule has 0 aliphatic rings. The van der Waals surface area contributed by atoms with Gasteiger partial charge in [0, 0.05) is 39.0 Å². The predicted molar refractivity (Wildman–Crippen MR) is 84.3 cm³/mol. The van der Waals surface area contributed by atoms with E-state index in [0.717, 1.165) is 32.1 Å². The third kappa shape index (κ3) is 9.32. The Labute approximate surface area is 124 Å². The Kier molecular flexibility index (Phi) is 11.8. The first-order valence-corrected chi connectivity index (χ1v) is 9.34. The zero-order valence-electron chi connectivity index (χ0n) is 13.2. The van der Waals surface area contributed by atoms with E-state index in [9.17, 15) is 0 Å². The summed E-state index contributed by atoms with van der Waals surface area (Å²) in [6, 6.07) is 0.840. The van der Waals surface area contributed by atoms with Crippen LogP contribution in [0.2, 0.25) is 6.04 Å². The second-order valence-electron chi connectivity index (χ2n) is 4.29. The minimum absolute atomic E-state index is 0.502. The SMILES string of the molecule is C=C(N)NCCNCCC[Si](OCC)(OCC)OCC. The summed E-state index contributed by atoms with van der Waals surface area (Å²) in [5, 5.41) is 6.31. The van der Waals surface area contributed by atoms with Crippen molar-refractivity contribution in [2.75, 3.05) is 39.5 Å². The molecule has 20 heavy (non-hydrogen) atoms. The van der Waals surface area contributed by atoms with Gasteiger partial charge in [0.2, 0.25) is 0 Å². The molecule has 0 aliphatic carbocycles. The van der Waals surface area contributed by atoms with Gasteiger partial charge in [-0.1, -0.05) is 6.58 Å². The van der Waals surface area contributed by atoms with E-state index in [0.29, 0.717) is 25.6 Å². The molecule has 0 bridgehead atoms. The zero-order valence-corrected chi connectivity index (χ0v) is 14.2. The van der Waals surface area contributed by atoms with E-state index >= 15 is 0 Å². The van der Waals surface area contributed by atoms with Crippen molar-refractivity contribution in [1.82, 2.24) is 10.6 Å². The Morgan fingerprint density at radius 1 is 1.00 bits per heavy atom. The van der Waals surface area contributed by atoms with Crippen LogP contribution in [0.25, 0.3) is 0 Å². The minimum atomic E-state index is -2.47. The van der Waals surface area contributed by atoms with Crippen LogP contribution < -0.4 is 16.4 Å². The summed E-state index contributed by atoms with van der Waals surface area (Å²) in [5.74, 6) is 0.502. The second kappa shape index (κ2) is 12.2. The van der Waals surface area contributed by atoms with Crippen molar-refractivity contribution < 1.29 is 13.3 Å². The average Bonchev–Trinajstić information content (AvgIpc) is 2.38. The Morgan fingerprint density at radius 3 is 2.00 bits per heavy atom. The van der Waals surface area contributed by atoms with E-state index in [1.54, 1.807) is 0 Å². The molecule has 0 spiro atoms. The van der Waals surface area contributed by atoms with Crippen LogP contribution in [-0.2, 0) is 13.3 Å². The number of rotatable bonds is 14. The van der Waals surface area contributed by atoms with Crippen molar-refractivity contribution in [3.63, 3.8) is 0 Å². The van der Waals surface area contributed by atoms with Gasteiger partial charge in [-0.25, -0.2) is 0 Å². The molecule has 4 N–H and O–H groups in total. The maximum Gasteiger partial charge on any atom is 0.500 e. The van der Waals surface area contributed by atoms with E-state index in [2.05, 4.69) is 17.2 Å². The van der Waals surface area contributed by atoms with Gasteiger partial charge in [-0.3, -0.25) is 0 Å². The van der Waals surface area contributed by atoms with Gasteiger partial charge >= 0.3 is 8.80 Å². The molecule has 0 atom stereocenters. The van der Waals surface area contributed by atoms with Gasteiger partial charge in [-0.05, 0) is 33.7 Å². The van der Waals surface area contributed by atoms with Crippen molar-refractivity contribution >= 4 is 8.80 Å². The van der Waals surface area contributed by atoms with Crippen LogP contribution in [0.3, 0.4) is 0 Å². The highest BCUT2D eigenvalue weighted by molar-refractivity contribution is 6.60. The summed E-state index contributed by atoms with van der Waals surface area (Å²) in [6.45, 7) is 13.9. The van der Waals surface area contributed by atoms with Crippen molar-refractivity contribution in [3.05, 3.63) is 12.4 Å². The number of hydrogen-bond acceptors (Lipinski definition) is 6. The average molecular weight is 305 g/mol. The number of hydrogen-bond donors (Lipinski definition) is 3. The van der Waals surface area contributed by atoms with E-state index in [4.69, 9.17) is 19.0 Å². The summed E-state index contributed by atoms with van der Waals surface area (Å²) in [7, 11) is -2.47. The highest BCUT2D eigenvalue weighted by Crippen LogP contribution is 2.17. The van der Waals surface area contributed by atoms with Crippen LogP contribution in [-0.4, -0.2) is 48.3 Å². The van der Waals surface area contributed by atoms with Gasteiger partial charge in [0.05, 0.1) is 5.82 Å². The van der Waals surface area contributed by atoms with Gasteiger partial charge in [-0.2, -0.15) is 0 Å². The highest BCUT2D eigenvalue weighted by atomic mass is 28.4. The Balaban J connectivity index is 3.91. The fourth-order valence-corrected chi connectivity index (χ4v) is 4.48. The molecule has 0 saturated carbocycles. The molecular weight excluding hydrogens is 274 g/mol. The summed E-state index contributed by atoms with van der Waals surface area (Å²) >= 11 is 0. The molecule has 0 aromatic heterocycles. The van der Waals surface area contributed by atoms with E-state index in [-0.39, 0.29) is 0 Å². The maximum atomic E-state index is 5.80. The zero-order chi connectivity index (χ0) is 15.3. The van der Waals surface area contributed by atoms with E-state index in [1.807, 2.05) is 20.8 Å². The largest absolute Gasteiger partial charge is 0.500 e.